The van der Waals surface area contributed by atoms with Crippen LogP contribution in [0.1, 0.15) is 36.2 Å². The van der Waals surface area contributed by atoms with Gasteiger partial charge in [0.2, 0.25) is 0 Å². The molecule has 0 amide bonds. The third-order valence-corrected chi connectivity index (χ3v) is 3.28. The summed E-state index contributed by atoms with van der Waals surface area (Å²) < 4.78 is 2.11. The minimum absolute atomic E-state index is 0.182. The van der Waals surface area contributed by atoms with Crippen LogP contribution in [-0.4, -0.2) is 20.8 Å². The van der Waals surface area contributed by atoms with Crippen molar-refractivity contribution in [1.29, 1.82) is 0 Å². The Morgan fingerprint density at radius 3 is 2.64 bits per heavy atom. The number of hydrogen-bond acceptors (Lipinski definition) is 3. The van der Waals surface area contributed by atoms with E-state index in [2.05, 4.69) is 26.2 Å². The number of aryl methyl sites for hydroxylation is 1. The average Bonchev–Trinajstić information content (AvgIpc) is 2.75. The normalized spacial score (nSPS) is 17.6. The van der Waals surface area contributed by atoms with E-state index in [9.17, 15) is 4.79 Å². The molecule has 0 aliphatic heterocycles. The summed E-state index contributed by atoms with van der Waals surface area (Å²) >= 11 is 3.25. The zero-order valence-electron chi connectivity index (χ0n) is 8.03. The lowest BCUT2D eigenvalue weighted by molar-refractivity contribution is 0.0912. The summed E-state index contributed by atoms with van der Waals surface area (Å²) in [5.74, 6) is 0.366. The summed E-state index contributed by atoms with van der Waals surface area (Å²) in [6.07, 6.45) is 4.35. The van der Waals surface area contributed by atoms with Gasteiger partial charge in [0.15, 0.2) is 10.4 Å². The minimum Gasteiger partial charge on any atom is -0.292 e. The molecule has 1 aromatic heterocycles. The van der Waals surface area contributed by atoms with E-state index in [0.29, 0.717) is 10.3 Å². The monoisotopic (exact) mass is 257 g/mol. The second-order valence-corrected chi connectivity index (χ2v) is 4.45. The number of halogens is 1. The van der Waals surface area contributed by atoms with Crippen molar-refractivity contribution >= 4 is 21.7 Å². The number of carbonyl (C=O) groups is 1. The van der Waals surface area contributed by atoms with Crippen molar-refractivity contribution in [2.24, 2.45) is 13.0 Å². The van der Waals surface area contributed by atoms with Crippen LogP contribution in [0.15, 0.2) is 4.60 Å². The smallest absolute Gasteiger partial charge is 0.186 e. The topological polar surface area (TPSA) is 47.8 Å². The SMILES string of the molecule is Cn1nnc(Br)c1C(=O)C1CCCC1. The fourth-order valence-electron chi connectivity index (χ4n) is 1.97. The van der Waals surface area contributed by atoms with Crippen LogP contribution in [0.25, 0.3) is 0 Å². The van der Waals surface area contributed by atoms with Crippen LogP contribution in [0.2, 0.25) is 0 Å². The van der Waals surface area contributed by atoms with Gasteiger partial charge in [0.05, 0.1) is 0 Å². The van der Waals surface area contributed by atoms with Crippen molar-refractivity contribution < 1.29 is 4.79 Å². The van der Waals surface area contributed by atoms with Crippen LogP contribution in [0, 0.1) is 5.92 Å². The van der Waals surface area contributed by atoms with Gasteiger partial charge < -0.3 is 0 Å². The molecule has 0 bridgehead atoms. The summed E-state index contributed by atoms with van der Waals surface area (Å²) in [6, 6.07) is 0. The predicted molar refractivity (Wildman–Crippen MR) is 55.0 cm³/mol. The molecule has 0 N–H and O–H groups in total. The number of hydrogen-bond donors (Lipinski definition) is 0. The molecule has 4 nitrogen and oxygen atoms in total. The molecule has 1 saturated carbocycles. The summed E-state index contributed by atoms with van der Waals surface area (Å²) in [4.78, 5) is 12.0. The number of nitrogens with zero attached hydrogens (tertiary/aromatic N) is 3. The van der Waals surface area contributed by atoms with E-state index in [0.717, 1.165) is 12.8 Å². The summed E-state index contributed by atoms with van der Waals surface area (Å²) in [6.45, 7) is 0. The van der Waals surface area contributed by atoms with Crippen molar-refractivity contribution in [2.75, 3.05) is 0 Å². The second kappa shape index (κ2) is 3.81. The molecular formula is C9H12BrN3O. The Balaban J connectivity index is 2.25. The van der Waals surface area contributed by atoms with E-state index >= 15 is 0 Å². The second-order valence-electron chi connectivity index (χ2n) is 3.70. The zero-order chi connectivity index (χ0) is 10.1. The number of carbonyl (C=O) groups excluding carboxylic acids is 1. The van der Waals surface area contributed by atoms with Gasteiger partial charge in [0, 0.05) is 13.0 Å². The van der Waals surface area contributed by atoms with Gasteiger partial charge in [-0.2, -0.15) is 0 Å². The van der Waals surface area contributed by atoms with Crippen LogP contribution < -0.4 is 0 Å². The number of aromatic nitrogens is 3. The third kappa shape index (κ3) is 1.61. The van der Waals surface area contributed by atoms with E-state index in [-0.39, 0.29) is 11.7 Å². The largest absolute Gasteiger partial charge is 0.292 e. The molecule has 1 aromatic rings. The molecule has 1 aliphatic rings. The van der Waals surface area contributed by atoms with Gasteiger partial charge in [-0.15, -0.1) is 5.10 Å². The molecule has 1 fully saturated rings. The van der Waals surface area contributed by atoms with Crippen molar-refractivity contribution in [3.8, 4) is 0 Å². The van der Waals surface area contributed by atoms with Crippen LogP contribution in [0.4, 0.5) is 0 Å². The Kier molecular flexibility index (Phi) is 2.67. The molecule has 0 aromatic carbocycles. The maximum absolute atomic E-state index is 12.0. The van der Waals surface area contributed by atoms with Crippen LogP contribution in [0.5, 0.6) is 0 Å². The lowest BCUT2D eigenvalue weighted by atomic mass is 10.0. The van der Waals surface area contributed by atoms with E-state index in [1.165, 1.54) is 12.8 Å². The fraction of sp³-hybridized carbons (Fsp3) is 0.667. The first-order valence-electron chi connectivity index (χ1n) is 4.79. The van der Waals surface area contributed by atoms with Crippen molar-refractivity contribution in [3.05, 3.63) is 10.3 Å². The van der Waals surface area contributed by atoms with Gasteiger partial charge in [0.1, 0.15) is 5.69 Å². The van der Waals surface area contributed by atoms with Gasteiger partial charge in [0.25, 0.3) is 0 Å². The first-order valence-corrected chi connectivity index (χ1v) is 5.59. The van der Waals surface area contributed by atoms with Gasteiger partial charge in [-0.3, -0.25) is 4.79 Å². The molecule has 0 atom stereocenters. The number of rotatable bonds is 2. The quantitative estimate of drug-likeness (QED) is 0.762. The Bertz CT molecular complexity index is 335. The van der Waals surface area contributed by atoms with Crippen molar-refractivity contribution in [1.82, 2.24) is 15.0 Å². The molecule has 1 aliphatic carbocycles. The van der Waals surface area contributed by atoms with Gasteiger partial charge in [-0.1, -0.05) is 18.1 Å². The van der Waals surface area contributed by atoms with Gasteiger partial charge in [-0.25, -0.2) is 4.68 Å². The third-order valence-electron chi connectivity index (χ3n) is 2.75. The van der Waals surface area contributed by atoms with Crippen LogP contribution >= 0.6 is 15.9 Å². The maximum atomic E-state index is 12.0. The molecule has 76 valence electrons. The van der Waals surface area contributed by atoms with E-state index < -0.39 is 0 Å². The lowest BCUT2D eigenvalue weighted by Gasteiger charge is -2.06. The Labute approximate surface area is 90.8 Å². The summed E-state index contributed by atoms with van der Waals surface area (Å²) in [5, 5.41) is 7.63. The average molecular weight is 258 g/mol. The van der Waals surface area contributed by atoms with Crippen molar-refractivity contribution in [2.45, 2.75) is 25.7 Å². The molecule has 0 radical (unpaired) electrons. The molecule has 2 rings (SSSR count). The fourth-order valence-corrected chi connectivity index (χ4v) is 2.50. The first kappa shape index (κ1) is 9.83. The molecule has 14 heavy (non-hydrogen) atoms. The number of Topliss-reactive ketones (excluding diaryl/α,β-unsaturated/α-hetero) is 1. The highest BCUT2D eigenvalue weighted by molar-refractivity contribution is 9.10. The first-order chi connectivity index (χ1) is 6.70. The predicted octanol–water partition coefficient (Wildman–Crippen LogP) is 1.95. The van der Waals surface area contributed by atoms with Gasteiger partial charge in [-0.05, 0) is 28.8 Å². The highest BCUT2D eigenvalue weighted by atomic mass is 79.9. The minimum atomic E-state index is 0.182. The molecule has 0 unspecified atom stereocenters. The summed E-state index contributed by atoms with van der Waals surface area (Å²) in [7, 11) is 1.75. The highest BCUT2D eigenvalue weighted by Crippen LogP contribution is 2.29. The Morgan fingerprint density at radius 2 is 2.14 bits per heavy atom. The molecule has 0 spiro atoms. The van der Waals surface area contributed by atoms with Crippen LogP contribution in [-0.2, 0) is 7.05 Å². The lowest BCUT2D eigenvalue weighted by Crippen LogP contribution is -2.15. The van der Waals surface area contributed by atoms with E-state index in [4.69, 9.17) is 0 Å². The van der Waals surface area contributed by atoms with E-state index in [1.807, 2.05) is 0 Å². The molecule has 0 saturated heterocycles. The highest BCUT2D eigenvalue weighted by Gasteiger charge is 2.28. The van der Waals surface area contributed by atoms with Crippen LogP contribution in [0.3, 0.4) is 0 Å². The standard InChI is InChI=1S/C9H12BrN3O/c1-13-7(9(10)11-12-13)8(14)6-4-2-3-5-6/h6H,2-5H2,1H3. The van der Waals surface area contributed by atoms with Gasteiger partial charge >= 0.3 is 0 Å². The molecule has 1 heterocycles. The molecule has 5 heteroatoms. The Morgan fingerprint density at radius 1 is 1.50 bits per heavy atom. The number of ketones is 1. The molecular weight excluding hydrogens is 246 g/mol. The van der Waals surface area contributed by atoms with E-state index in [1.54, 1.807) is 11.7 Å². The Hall–Kier alpha value is -0.710. The summed E-state index contributed by atoms with van der Waals surface area (Å²) in [5.41, 5.74) is 0.608. The zero-order valence-corrected chi connectivity index (χ0v) is 9.62. The maximum Gasteiger partial charge on any atom is 0.186 e. The van der Waals surface area contributed by atoms with Crippen molar-refractivity contribution in [3.63, 3.8) is 0 Å².